The summed E-state index contributed by atoms with van der Waals surface area (Å²) < 4.78 is 2.25. The van der Waals surface area contributed by atoms with E-state index < -0.39 is 0 Å². The first kappa shape index (κ1) is 14.6. The maximum absolute atomic E-state index is 9.00. The molecule has 3 heteroatoms. The second-order valence-electron chi connectivity index (χ2n) is 5.38. The van der Waals surface area contributed by atoms with Gasteiger partial charge < -0.3 is 4.57 Å². The van der Waals surface area contributed by atoms with Crippen molar-refractivity contribution in [2.24, 2.45) is 5.92 Å². The molecule has 0 radical (unpaired) electrons. The van der Waals surface area contributed by atoms with Gasteiger partial charge in [-0.15, -0.1) is 0 Å². The molecule has 0 bridgehead atoms. The van der Waals surface area contributed by atoms with Crippen LogP contribution in [0.5, 0.6) is 0 Å². The lowest BCUT2D eigenvalue weighted by Gasteiger charge is -2.17. The van der Waals surface area contributed by atoms with Crippen LogP contribution in [0, 0.1) is 17.2 Å². The van der Waals surface area contributed by atoms with Gasteiger partial charge in [-0.3, -0.25) is 0 Å². The van der Waals surface area contributed by atoms with Crippen LogP contribution in [0.1, 0.15) is 45.4 Å². The number of nitriles is 1. The smallest absolute Gasteiger partial charge is 0.124 e. The van der Waals surface area contributed by atoms with E-state index in [9.17, 15) is 0 Å². The highest BCUT2D eigenvalue weighted by atomic mass is 15.1. The molecule has 20 heavy (non-hydrogen) atoms. The fourth-order valence-corrected chi connectivity index (χ4v) is 2.71. The number of fused-ring (bicyclic) bond motifs is 1. The number of benzene rings is 1. The zero-order valence-corrected chi connectivity index (χ0v) is 12.5. The quantitative estimate of drug-likeness (QED) is 0.751. The zero-order valence-electron chi connectivity index (χ0n) is 12.5. The van der Waals surface area contributed by atoms with Gasteiger partial charge in [-0.2, -0.15) is 5.26 Å². The van der Waals surface area contributed by atoms with E-state index in [0.29, 0.717) is 12.3 Å². The van der Waals surface area contributed by atoms with Gasteiger partial charge in [0.1, 0.15) is 5.82 Å². The minimum Gasteiger partial charge on any atom is -0.327 e. The molecule has 0 fully saturated rings. The van der Waals surface area contributed by atoms with Crippen molar-refractivity contribution in [2.45, 2.75) is 52.5 Å². The molecule has 1 heterocycles. The fraction of sp³-hybridized carbons (Fsp3) is 0.529. The monoisotopic (exact) mass is 269 g/mol. The lowest BCUT2D eigenvalue weighted by molar-refractivity contribution is 0.391. The molecule has 0 saturated heterocycles. The van der Waals surface area contributed by atoms with Gasteiger partial charge in [0.25, 0.3) is 0 Å². The molecule has 0 aliphatic rings. The second-order valence-corrected chi connectivity index (χ2v) is 5.38. The van der Waals surface area contributed by atoms with E-state index >= 15 is 0 Å². The Balaban J connectivity index is 2.30. The van der Waals surface area contributed by atoms with Crippen molar-refractivity contribution in [2.75, 3.05) is 0 Å². The Hall–Kier alpha value is -1.82. The molecule has 1 aromatic carbocycles. The van der Waals surface area contributed by atoms with E-state index in [1.54, 1.807) is 0 Å². The number of para-hydroxylation sites is 2. The SMILES string of the molecule is CCCCC(CC)Cn1c(CC#N)nc2ccccc21. The Labute approximate surface area is 121 Å². The molecule has 3 nitrogen and oxygen atoms in total. The van der Waals surface area contributed by atoms with Crippen LogP contribution in [0.15, 0.2) is 24.3 Å². The third-order valence-electron chi connectivity index (χ3n) is 3.95. The van der Waals surface area contributed by atoms with E-state index in [1.807, 2.05) is 18.2 Å². The summed E-state index contributed by atoms with van der Waals surface area (Å²) in [5, 5.41) is 9.00. The Bertz CT molecular complexity index is 592. The van der Waals surface area contributed by atoms with E-state index in [1.165, 1.54) is 25.7 Å². The predicted molar refractivity (Wildman–Crippen MR) is 82.4 cm³/mol. The van der Waals surface area contributed by atoms with Crippen molar-refractivity contribution in [1.82, 2.24) is 9.55 Å². The molecule has 2 rings (SSSR count). The number of unbranched alkanes of at least 4 members (excludes halogenated alkanes) is 1. The summed E-state index contributed by atoms with van der Waals surface area (Å²) in [4.78, 5) is 4.61. The predicted octanol–water partition coefficient (Wildman–Crippen LogP) is 4.32. The van der Waals surface area contributed by atoms with Crippen molar-refractivity contribution in [1.29, 1.82) is 5.26 Å². The van der Waals surface area contributed by atoms with Crippen LogP contribution in [0.4, 0.5) is 0 Å². The molecule has 0 amide bonds. The lowest BCUT2D eigenvalue weighted by atomic mass is 9.99. The summed E-state index contributed by atoms with van der Waals surface area (Å²) in [7, 11) is 0. The minimum atomic E-state index is 0.388. The molecule has 1 atom stereocenters. The highest BCUT2D eigenvalue weighted by Gasteiger charge is 2.14. The Kier molecular flexibility index (Phi) is 5.17. The normalized spacial score (nSPS) is 12.4. The first-order valence-corrected chi connectivity index (χ1v) is 7.61. The number of rotatable bonds is 7. The zero-order chi connectivity index (χ0) is 14.4. The van der Waals surface area contributed by atoms with Gasteiger partial charge in [0.05, 0.1) is 23.5 Å². The average molecular weight is 269 g/mol. The van der Waals surface area contributed by atoms with Crippen molar-refractivity contribution >= 4 is 11.0 Å². The number of imidazole rings is 1. The topological polar surface area (TPSA) is 41.6 Å². The highest BCUT2D eigenvalue weighted by molar-refractivity contribution is 5.75. The summed E-state index contributed by atoms with van der Waals surface area (Å²) in [6, 6.07) is 10.4. The van der Waals surface area contributed by atoms with Crippen molar-refractivity contribution < 1.29 is 0 Å². The molecule has 106 valence electrons. The third-order valence-corrected chi connectivity index (χ3v) is 3.95. The number of nitrogens with zero attached hydrogens (tertiary/aromatic N) is 3. The lowest BCUT2D eigenvalue weighted by Crippen LogP contribution is -2.12. The molecule has 1 unspecified atom stereocenters. The van der Waals surface area contributed by atoms with E-state index in [-0.39, 0.29) is 0 Å². The summed E-state index contributed by atoms with van der Waals surface area (Å²) in [6.07, 6.45) is 5.34. The standard InChI is InChI=1S/C17H23N3/c1-3-5-8-14(4-2)13-20-16-10-7-6-9-15(16)19-17(20)11-12-18/h6-7,9-10,14H,3-5,8,11,13H2,1-2H3. The van der Waals surface area contributed by atoms with Crippen LogP contribution in [-0.4, -0.2) is 9.55 Å². The third kappa shape index (κ3) is 3.19. The van der Waals surface area contributed by atoms with E-state index in [0.717, 1.165) is 23.4 Å². The summed E-state index contributed by atoms with van der Waals surface area (Å²) in [5.74, 6) is 1.58. The molecule has 0 N–H and O–H groups in total. The molecule has 0 saturated carbocycles. The van der Waals surface area contributed by atoms with Gasteiger partial charge in [0.15, 0.2) is 0 Å². The molecule has 0 aliphatic carbocycles. The van der Waals surface area contributed by atoms with Gasteiger partial charge in [-0.1, -0.05) is 45.2 Å². The van der Waals surface area contributed by atoms with Gasteiger partial charge in [0.2, 0.25) is 0 Å². The van der Waals surface area contributed by atoms with Crippen LogP contribution in [0.2, 0.25) is 0 Å². The highest BCUT2D eigenvalue weighted by Crippen LogP contribution is 2.22. The maximum atomic E-state index is 9.00. The Morgan fingerprint density at radius 1 is 1.30 bits per heavy atom. The van der Waals surface area contributed by atoms with E-state index in [4.69, 9.17) is 5.26 Å². The Morgan fingerprint density at radius 3 is 2.80 bits per heavy atom. The molecule has 0 spiro atoms. The maximum Gasteiger partial charge on any atom is 0.124 e. The first-order chi connectivity index (χ1) is 9.80. The molecular formula is C17H23N3. The van der Waals surface area contributed by atoms with Gasteiger partial charge in [0, 0.05) is 6.54 Å². The average Bonchev–Trinajstić information content (AvgIpc) is 2.81. The molecule has 1 aromatic heterocycles. The second kappa shape index (κ2) is 7.09. The van der Waals surface area contributed by atoms with Crippen molar-refractivity contribution in [3.05, 3.63) is 30.1 Å². The number of hydrogen-bond acceptors (Lipinski definition) is 2. The van der Waals surface area contributed by atoms with Gasteiger partial charge in [-0.25, -0.2) is 4.98 Å². The van der Waals surface area contributed by atoms with Crippen molar-refractivity contribution in [3.8, 4) is 6.07 Å². The molecule has 2 aromatic rings. The summed E-state index contributed by atoms with van der Waals surface area (Å²) in [5.41, 5.74) is 2.16. The first-order valence-electron chi connectivity index (χ1n) is 7.61. The van der Waals surface area contributed by atoms with Crippen LogP contribution in [0.25, 0.3) is 11.0 Å². The molecular weight excluding hydrogens is 246 g/mol. The Morgan fingerprint density at radius 2 is 2.10 bits per heavy atom. The van der Waals surface area contributed by atoms with Crippen molar-refractivity contribution in [3.63, 3.8) is 0 Å². The van der Waals surface area contributed by atoms with Crippen LogP contribution >= 0.6 is 0 Å². The number of aromatic nitrogens is 2. The van der Waals surface area contributed by atoms with Gasteiger partial charge >= 0.3 is 0 Å². The van der Waals surface area contributed by atoms with Gasteiger partial charge in [-0.05, 0) is 24.5 Å². The summed E-state index contributed by atoms with van der Waals surface area (Å²) >= 11 is 0. The molecule has 0 aliphatic heterocycles. The van der Waals surface area contributed by atoms with Crippen LogP contribution in [-0.2, 0) is 13.0 Å². The fourth-order valence-electron chi connectivity index (χ4n) is 2.71. The largest absolute Gasteiger partial charge is 0.327 e. The summed E-state index contributed by atoms with van der Waals surface area (Å²) in [6.45, 7) is 5.47. The minimum absolute atomic E-state index is 0.388. The number of hydrogen-bond donors (Lipinski definition) is 0. The van der Waals surface area contributed by atoms with Crippen LogP contribution in [0.3, 0.4) is 0 Å². The van der Waals surface area contributed by atoms with Crippen LogP contribution < -0.4 is 0 Å². The van der Waals surface area contributed by atoms with E-state index in [2.05, 4.69) is 35.5 Å².